The number of thiophene rings is 1. The van der Waals surface area contributed by atoms with E-state index in [4.69, 9.17) is 5.73 Å². The topological polar surface area (TPSA) is 90.0 Å². The highest BCUT2D eigenvalue weighted by molar-refractivity contribution is 7.13. The number of nitrogens with zero attached hydrogens (tertiary/aromatic N) is 2. The monoisotopic (exact) mass is 422 g/mol. The average Bonchev–Trinajstić information content (AvgIpc) is 3.31. The van der Waals surface area contributed by atoms with Gasteiger partial charge in [0.1, 0.15) is 17.4 Å². The molecule has 1 aliphatic rings. The van der Waals surface area contributed by atoms with E-state index in [2.05, 4.69) is 22.5 Å². The van der Waals surface area contributed by atoms with Crippen molar-refractivity contribution in [1.29, 1.82) is 0 Å². The third-order valence-electron chi connectivity index (χ3n) is 5.74. The average molecular weight is 423 g/mol. The summed E-state index contributed by atoms with van der Waals surface area (Å²) in [4.78, 5) is 26.2. The minimum Gasteiger partial charge on any atom is -0.394 e. The molecule has 4 rings (SSSR count). The van der Waals surface area contributed by atoms with Crippen molar-refractivity contribution in [2.24, 2.45) is 0 Å². The molecule has 1 saturated carbocycles. The first-order valence-corrected chi connectivity index (χ1v) is 11.2. The van der Waals surface area contributed by atoms with E-state index in [9.17, 15) is 9.59 Å². The van der Waals surface area contributed by atoms with Gasteiger partial charge in [0.2, 0.25) is 5.91 Å². The zero-order chi connectivity index (χ0) is 21.1. The van der Waals surface area contributed by atoms with Crippen molar-refractivity contribution in [2.75, 3.05) is 11.1 Å². The van der Waals surface area contributed by atoms with Crippen LogP contribution in [0.3, 0.4) is 0 Å². The second kappa shape index (κ2) is 8.83. The molecule has 2 heterocycles. The van der Waals surface area contributed by atoms with Crippen LogP contribution in [0, 0.1) is 0 Å². The van der Waals surface area contributed by atoms with E-state index < -0.39 is 11.6 Å². The van der Waals surface area contributed by atoms with Crippen LogP contribution in [-0.4, -0.2) is 15.7 Å². The van der Waals surface area contributed by atoms with E-state index in [1.54, 1.807) is 13.0 Å². The van der Waals surface area contributed by atoms with Gasteiger partial charge in [-0.05, 0) is 60.9 Å². The zero-order valence-corrected chi connectivity index (χ0v) is 17.8. The quantitative estimate of drug-likeness (QED) is 0.618. The van der Waals surface area contributed by atoms with Gasteiger partial charge in [0.05, 0.1) is 4.88 Å². The minimum absolute atomic E-state index is 0.0740. The number of nitrogen functional groups attached to an aromatic ring is 1. The Bertz CT molecular complexity index is 1070. The predicted octanol–water partition coefficient (Wildman–Crippen LogP) is 4.80. The molecule has 6 nitrogen and oxygen atoms in total. The van der Waals surface area contributed by atoms with Crippen LogP contribution in [0.1, 0.15) is 56.6 Å². The molecule has 1 amide bonds. The van der Waals surface area contributed by atoms with Gasteiger partial charge < -0.3 is 11.1 Å². The van der Waals surface area contributed by atoms with Crippen LogP contribution in [0.2, 0.25) is 0 Å². The van der Waals surface area contributed by atoms with Crippen molar-refractivity contribution in [3.63, 3.8) is 0 Å². The van der Waals surface area contributed by atoms with E-state index >= 15 is 0 Å². The molecule has 1 aromatic carbocycles. The Kier molecular flexibility index (Phi) is 5.99. The maximum atomic E-state index is 12.8. The Morgan fingerprint density at radius 2 is 1.93 bits per heavy atom. The van der Waals surface area contributed by atoms with Crippen LogP contribution in [0.25, 0.3) is 10.6 Å². The van der Waals surface area contributed by atoms with Crippen molar-refractivity contribution in [3.05, 3.63) is 63.8 Å². The van der Waals surface area contributed by atoms with Gasteiger partial charge in [-0.3, -0.25) is 9.59 Å². The van der Waals surface area contributed by atoms with Crippen molar-refractivity contribution in [2.45, 2.75) is 51.0 Å². The van der Waals surface area contributed by atoms with Crippen LogP contribution < -0.4 is 16.6 Å². The Morgan fingerprint density at radius 1 is 1.20 bits per heavy atom. The molecule has 7 heteroatoms. The fourth-order valence-electron chi connectivity index (χ4n) is 3.97. The number of benzene rings is 1. The lowest BCUT2D eigenvalue weighted by molar-refractivity contribution is -0.119. The fraction of sp³-hybridized carbons (Fsp3) is 0.348. The summed E-state index contributed by atoms with van der Waals surface area (Å²) in [6.45, 7) is 1.65. The summed E-state index contributed by atoms with van der Waals surface area (Å²) in [6, 6.07) is 12.6. The number of aromatic nitrogens is 2. The summed E-state index contributed by atoms with van der Waals surface area (Å²) in [6.07, 6.45) is 6.37. The summed E-state index contributed by atoms with van der Waals surface area (Å²) in [7, 11) is 0. The van der Waals surface area contributed by atoms with Crippen molar-refractivity contribution >= 4 is 28.6 Å². The Morgan fingerprint density at radius 3 is 2.60 bits per heavy atom. The number of hydrogen-bond donors (Lipinski definition) is 2. The van der Waals surface area contributed by atoms with Crippen molar-refractivity contribution in [3.8, 4) is 10.6 Å². The van der Waals surface area contributed by atoms with Crippen molar-refractivity contribution < 1.29 is 4.79 Å². The summed E-state index contributed by atoms with van der Waals surface area (Å²) < 4.78 is 1.16. The first-order chi connectivity index (χ1) is 14.5. The largest absolute Gasteiger partial charge is 0.394 e. The molecule has 0 saturated heterocycles. The van der Waals surface area contributed by atoms with Gasteiger partial charge in [0, 0.05) is 5.69 Å². The maximum Gasteiger partial charge on any atom is 0.290 e. The number of anilines is 2. The predicted molar refractivity (Wildman–Crippen MR) is 122 cm³/mol. The number of amides is 1. The van der Waals surface area contributed by atoms with E-state index in [-0.39, 0.29) is 11.6 Å². The molecule has 1 aliphatic carbocycles. The molecule has 0 bridgehead atoms. The molecule has 1 fully saturated rings. The van der Waals surface area contributed by atoms with Gasteiger partial charge in [-0.2, -0.15) is 5.10 Å². The zero-order valence-electron chi connectivity index (χ0n) is 17.0. The molecule has 3 aromatic rings. The summed E-state index contributed by atoms with van der Waals surface area (Å²) >= 11 is 1.50. The number of hydrogen-bond acceptors (Lipinski definition) is 5. The second-order valence-corrected chi connectivity index (χ2v) is 8.78. The van der Waals surface area contributed by atoms with E-state index in [1.807, 2.05) is 29.6 Å². The lowest BCUT2D eigenvalue weighted by Gasteiger charge is -2.22. The Labute approximate surface area is 179 Å². The molecule has 156 valence electrons. The van der Waals surface area contributed by atoms with Gasteiger partial charge in [0.15, 0.2) is 0 Å². The standard InChI is InChI=1S/C23H26N4O2S/c1-15(27-23(29)19(24)14-20(26-27)21-8-5-13-30-21)22(28)25-18-11-9-17(10-12-18)16-6-3-2-4-7-16/h5,8-16H,2-4,6-7,24H2,1H3,(H,25,28)/t15-/m1/s1. The van der Waals surface area contributed by atoms with Gasteiger partial charge in [-0.25, -0.2) is 4.68 Å². The van der Waals surface area contributed by atoms with Gasteiger partial charge in [-0.1, -0.05) is 37.5 Å². The molecular weight excluding hydrogens is 396 g/mol. The molecule has 2 aromatic heterocycles. The van der Waals surface area contributed by atoms with Crippen LogP contribution in [0.15, 0.2) is 52.6 Å². The molecule has 0 radical (unpaired) electrons. The molecule has 3 N–H and O–H groups in total. The SMILES string of the molecule is C[C@H](C(=O)Nc1ccc(C2CCCCC2)cc1)n1nc(-c2cccs2)cc(N)c1=O. The summed E-state index contributed by atoms with van der Waals surface area (Å²) in [5.74, 6) is 0.311. The van der Waals surface area contributed by atoms with Crippen LogP contribution in [0.4, 0.5) is 11.4 Å². The van der Waals surface area contributed by atoms with Crippen LogP contribution >= 0.6 is 11.3 Å². The second-order valence-electron chi connectivity index (χ2n) is 7.83. The number of nitrogens with two attached hydrogens (primary N) is 1. The van der Waals surface area contributed by atoms with Gasteiger partial charge in [0.25, 0.3) is 5.56 Å². The minimum atomic E-state index is -0.794. The smallest absolute Gasteiger partial charge is 0.290 e. The number of rotatable bonds is 5. The highest BCUT2D eigenvalue weighted by Gasteiger charge is 2.21. The third kappa shape index (κ3) is 4.31. The third-order valence-corrected chi connectivity index (χ3v) is 6.63. The first-order valence-electron chi connectivity index (χ1n) is 10.4. The number of carbonyl (C=O) groups is 1. The lowest BCUT2D eigenvalue weighted by Crippen LogP contribution is -2.34. The van der Waals surface area contributed by atoms with Crippen molar-refractivity contribution in [1.82, 2.24) is 9.78 Å². The summed E-state index contributed by atoms with van der Waals surface area (Å²) in [5.41, 5.74) is 8.13. The van der Waals surface area contributed by atoms with Gasteiger partial charge >= 0.3 is 0 Å². The van der Waals surface area contributed by atoms with Crippen LogP contribution in [-0.2, 0) is 4.79 Å². The molecule has 1 atom stereocenters. The maximum absolute atomic E-state index is 12.8. The lowest BCUT2D eigenvalue weighted by atomic mass is 9.84. The molecular formula is C23H26N4O2S. The van der Waals surface area contributed by atoms with Gasteiger partial charge in [-0.15, -0.1) is 11.3 Å². The fourth-order valence-corrected chi connectivity index (χ4v) is 4.65. The van der Waals surface area contributed by atoms with Crippen LogP contribution in [0.5, 0.6) is 0 Å². The molecule has 0 unspecified atom stereocenters. The molecule has 30 heavy (non-hydrogen) atoms. The highest BCUT2D eigenvalue weighted by Crippen LogP contribution is 2.33. The van der Waals surface area contributed by atoms with E-state index in [0.29, 0.717) is 17.3 Å². The normalized spacial score (nSPS) is 15.6. The number of nitrogens with one attached hydrogen (secondary N) is 1. The molecule has 0 aliphatic heterocycles. The summed E-state index contributed by atoms with van der Waals surface area (Å²) in [5, 5.41) is 9.21. The van der Waals surface area contributed by atoms with E-state index in [0.717, 1.165) is 9.56 Å². The first kappa shape index (κ1) is 20.3. The highest BCUT2D eigenvalue weighted by atomic mass is 32.1. The van der Waals surface area contributed by atoms with E-state index in [1.165, 1.54) is 49.0 Å². The Hall–Kier alpha value is -2.93. The molecule has 0 spiro atoms. The number of carbonyl (C=O) groups excluding carboxylic acids is 1. The Balaban J connectivity index is 1.50.